The number of nitrogens with zero attached hydrogens (tertiary/aromatic N) is 1. The second-order valence-electron chi connectivity index (χ2n) is 3.23. The number of nitrogens with one attached hydrogen (secondary N) is 1. The first-order valence-electron chi connectivity index (χ1n) is 4.86. The number of ether oxygens (including phenoxy) is 2. The third kappa shape index (κ3) is 2.36. The summed E-state index contributed by atoms with van der Waals surface area (Å²) in [5.41, 5.74) is 5.70. The predicted molar refractivity (Wildman–Crippen MR) is 62.3 cm³/mol. The molecule has 0 aliphatic heterocycles. The van der Waals surface area contributed by atoms with Crippen molar-refractivity contribution in [2.75, 3.05) is 12.8 Å². The minimum atomic E-state index is -0.422. The molecule has 0 saturated carbocycles. The van der Waals surface area contributed by atoms with Crippen molar-refractivity contribution < 1.29 is 9.47 Å². The minimum Gasteiger partial charge on any atom is -0.497 e. The number of nitrogens with two attached hydrogens (primary N) is 1. The summed E-state index contributed by atoms with van der Waals surface area (Å²) in [6, 6.07) is 4.92. The van der Waals surface area contributed by atoms with Gasteiger partial charge in [-0.3, -0.25) is 4.79 Å². The van der Waals surface area contributed by atoms with Crippen LogP contribution in [0.15, 0.2) is 35.4 Å². The standard InChI is InChI=1S/C11H11N3O3/c1-16-7-2-3-8(12)9(6-7)17-11-10(15)13-4-5-14-11/h2-6H,12H2,1H3,(H,13,15). The van der Waals surface area contributed by atoms with Gasteiger partial charge < -0.3 is 20.2 Å². The highest BCUT2D eigenvalue weighted by molar-refractivity contribution is 5.56. The Hall–Kier alpha value is -2.50. The second kappa shape index (κ2) is 4.56. The van der Waals surface area contributed by atoms with E-state index < -0.39 is 5.56 Å². The normalized spacial score (nSPS) is 9.94. The van der Waals surface area contributed by atoms with E-state index in [4.69, 9.17) is 15.2 Å². The summed E-state index contributed by atoms with van der Waals surface area (Å²) in [7, 11) is 1.53. The van der Waals surface area contributed by atoms with E-state index in [1.807, 2.05) is 0 Å². The summed E-state index contributed by atoms with van der Waals surface area (Å²) in [6.07, 6.45) is 2.84. The molecule has 0 unspecified atom stereocenters. The van der Waals surface area contributed by atoms with E-state index in [0.29, 0.717) is 17.2 Å². The van der Waals surface area contributed by atoms with Crippen LogP contribution < -0.4 is 20.8 Å². The lowest BCUT2D eigenvalue weighted by atomic mass is 10.3. The second-order valence-corrected chi connectivity index (χ2v) is 3.23. The molecule has 0 saturated heterocycles. The topological polar surface area (TPSA) is 90.2 Å². The molecule has 1 aromatic carbocycles. The molecule has 0 fully saturated rings. The summed E-state index contributed by atoms with van der Waals surface area (Å²) in [5.74, 6) is 0.850. The van der Waals surface area contributed by atoms with E-state index in [1.165, 1.54) is 19.5 Å². The molecule has 1 heterocycles. The number of benzene rings is 1. The monoisotopic (exact) mass is 233 g/mol. The van der Waals surface area contributed by atoms with Crippen LogP contribution in [-0.2, 0) is 0 Å². The van der Waals surface area contributed by atoms with Gasteiger partial charge in [0.25, 0.3) is 5.88 Å². The fourth-order valence-electron chi connectivity index (χ4n) is 1.25. The van der Waals surface area contributed by atoms with E-state index in [9.17, 15) is 4.79 Å². The molecule has 0 amide bonds. The highest BCUT2D eigenvalue weighted by Crippen LogP contribution is 2.28. The molecule has 88 valence electrons. The van der Waals surface area contributed by atoms with Crippen molar-refractivity contribution >= 4 is 5.69 Å². The Morgan fingerprint density at radius 2 is 2.24 bits per heavy atom. The van der Waals surface area contributed by atoms with Gasteiger partial charge in [-0.2, -0.15) is 0 Å². The zero-order chi connectivity index (χ0) is 12.3. The van der Waals surface area contributed by atoms with Gasteiger partial charge in [-0.25, -0.2) is 4.98 Å². The molecule has 17 heavy (non-hydrogen) atoms. The molecule has 0 aliphatic carbocycles. The molecular weight excluding hydrogens is 222 g/mol. The van der Waals surface area contributed by atoms with Gasteiger partial charge in [0.15, 0.2) is 5.75 Å². The van der Waals surface area contributed by atoms with E-state index in [0.717, 1.165) is 0 Å². The first kappa shape index (κ1) is 11.0. The first-order chi connectivity index (χ1) is 8.20. The average molecular weight is 233 g/mol. The van der Waals surface area contributed by atoms with Crippen molar-refractivity contribution in [2.45, 2.75) is 0 Å². The van der Waals surface area contributed by atoms with Gasteiger partial charge in [0.2, 0.25) is 0 Å². The van der Waals surface area contributed by atoms with Crippen LogP contribution in [0.4, 0.5) is 5.69 Å². The van der Waals surface area contributed by atoms with Gasteiger partial charge in [-0.05, 0) is 12.1 Å². The van der Waals surface area contributed by atoms with Crippen LogP contribution in [-0.4, -0.2) is 17.1 Å². The van der Waals surface area contributed by atoms with E-state index in [1.54, 1.807) is 18.2 Å². The molecule has 2 aromatic rings. The highest BCUT2D eigenvalue weighted by atomic mass is 16.5. The van der Waals surface area contributed by atoms with E-state index >= 15 is 0 Å². The van der Waals surface area contributed by atoms with E-state index in [-0.39, 0.29) is 5.88 Å². The summed E-state index contributed by atoms with van der Waals surface area (Å²) in [5, 5.41) is 0. The Labute approximate surface area is 97.0 Å². The summed E-state index contributed by atoms with van der Waals surface area (Å²) in [4.78, 5) is 17.6. The zero-order valence-corrected chi connectivity index (χ0v) is 9.14. The third-order valence-corrected chi connectivity index (χ3v) is 2.10. The van der Waals surface area contributed by atoms with Gasteiger partial charge in [0.05, 0.1) is 12.8 Å². The first-order valence-corrected chi connectivity index (χ1v) is 4.86. The fourth-order valence-corrected chi connectivity index (χ4v) is 1.25. The number of aromatic amines is 1. The highest BCUT2D eigenvalue weighted by Gasteiger charge is 2.07. The number of hydrogen-bond acceptors (Lipinski definition) is 5. The van der Waals surface area contributed by atoms with Crippen LogP contribution in [0, 0.1) is 0 Å². The van der Waals surface area contributed by atoms with E-state index in [2.05, 4.69) is 9.97 Å². The van der Waals surface area contributed by atoms with Crippen LogP contribution in [0.2, 0.25) is 0 Å². The summed E-state index contributed by atoms with van der Waals surface area (Å²) < 4.78 is 10.4. The number of methoxy groups -OCH3 is 1. The van der Waals surface area contributed by atoms with Crippen molar-refractivity contribution in [2.24, 2.45) is 0 Å². The quantitative estimate of drug-likeness (QED) is 0.776. The SMILES string of the molecule is COc1ccc(N)c(Oc2ncc[nH]c2=O)c1. The molecule has 6 heteroatoms. The predicted octanol–water partition coefficient (Wildman–Crippen LogP) is 1.15. The van der Waals surface area contributed by atoms with Crippen LogP contribution in [0.5, 0.6) is 17.4 Å². The lowest BCUT2D eigenvalue weighted by Crippen LogP contribution is -2.09. The number of H-pyrrole nitrogens is 1. The Bertz CT molecular complexity index is 580. The average Bonchev–Trinajstić information content (AvgIpc) is 2.35. The van der Waals surface area contributed by atoms with Crippen LogP contribution >= 0.6 is 0 Å². The van der Waals surface area contributed by atoms with Gasteiger partial charge in [-0.1, -0.05) is 0 Å². The summed E-state index contributed by atoms with van der Waals surface area (Å²) in [6.45, 7) is 0. The lowest BCUT2D eigenvalue weighted by molar-refractivity contribution is 0.407. The molecule has 0 spiro atoms. The Kier molecular flexibility index (Phi) is 2.95. The number of nitrogen functional groups attached to an aromatic ring is 1. The summed E-state index contributed by atoms with van der Waals surface area (Å²) >= 11 is 0. The molecule has 1 aromatic heterocycles. The molecule has 0 radical (unpaired) electrons. The lowest BCUT2D eigenvalue weighted by Gasteiger charge is -2.08. The minimum absolute atomic E-state index is 0.0625. The Balaban J connectivity index is 2.36. The number of rotatable bonds is 3. The zero-order valence-electron chi connectivity index (χ0n) is 9.14. The van der Waals surface area contributed by atoms with Crippen molar-refractivity contribution in [1.29, 1.82) is 0 Å². The molecular formula is C11H11N3O3. The van der Waals surface area contributed by atoms with Gasteiger partial charge in [0.1, 0.15) is 5.75 Å². The molecule has 0 bridgehead atoms. The van der Waals surface area contributed by atoms with Crippen LogP contribution in [0.3, 0.4) is 0 Å². The number of aromatic nitrogens is 2. The smallest absolute Gasteiger partial charge is 0.311 e. The Morgan fingerprint density at radius 3 is 2.94 bits per heavy atom. The largest absolute Gasteiger partial charge is 0.497 e. The number of anilines is 1. The maximum Gasteiger partial charge on any atom is 0.311 e. The molecule has 6 nitrogen and oxygen atoms in total. The maximum atomic E-state index is 11.4. The molecule has 0 aliphatic rings. The van der Waals surface area contributed by atoms with Crippen molar-refractivity contribution in [3.05, 3.63) is 40.9 Å². The van der Waals surface area contributed by atoms with Crippen molar-refractivity contribution in [1.82, 2.24) is 9.97 Å². The van der Waals surface area contributed by atoms with Gasteiger partial charge in [0, 0.05) is 18.5 Å². The molecule has 0 atom stereocenters. The fraction of sp³-hybridized carbons (Fsp3) is 0.0909. The maximum absolute atomic E-state index is 11.4. The number of hydrogen-bond donors (Lipinski definition) is 2. The van der Waals surface area contributed by atoms with Crippen molar-refractivity contribution in [3.63, 3.8) is 0 Å². The van der Waals surface area contributed by atoms with Crippen molar-refractivity contribution in [3.8, 4) is 17.4 Å². The van der Waals surface area contributed by atoms with Gasteiger partial charge in [-0.15, -0.1) is 0 Å². The third-order valence-electron chi connectivity index (χ3n) is 2.10. The Morgan fingerprint density at radius 1 is 1.41 bits per heavy atom. The molecule has 2 rings (SSSR count). The van der Waals surface area contributed by atoms with Crippen LogP contribution in [0.25, 0.3) is 0 Å². The van der Waals surface area contributed by atoms with Gasteiger partial charge >= 0.3 is 5.56 Å². The van der Waals surface area contributed by atoms with Crippen LogP contribution in [0.1, 0.15) is 0 Å². The molecule has 3 N–H and O–H groups in total.